The fraction of sp³-hybridized carbons (Fsp3) is 0.462. The Labute approximate surface area is 117 Å². The number of nitrogens with zero attached hydrogens (tertiary/aromatic N) is 1. The molecule has 0 aromatic heterocycles. The summed E-state index contributed by atoms with van der Waals surface area (Å²) in [4.78, 5) is 16.1. The van der Waals surface area contributed by atoms with Crippen molar-refractivity contribution in [2.24, 2.45) is 0 Å². The Morgan fingerprint density at radius 1 is 1.25 bits per heavy atom. The molecule has 1 rings (SSSR count). The van der Waals surface area contributed by atoms with E-state index in [1.54, 1.807) is 25.3 Å². The van der Waals surface area contributed by atoms with Crippen molar-refractivity contribution in [2.45, 2.75) is 19.8 Å². The Bertz CT molecular complexity index is 435. The minimum atomic E-state index is -0.421. The summed E-state index contributed by atoms with van der Waals surface area (Å²) in [5.41, 5.74) is 1.37. The molecular formula is C13H19NO6. The molecule has 0 heterocycles. The number of unbranched alkanes of at least 4 members (excludes halogenated alkanes) is 1. The van der Waals surface area contributed by atoms with Crippen molar-refractivity contribution in [1.29, 1.82) is 0 Å². The molecule has 2 N–H and O–H groups in total. The molecule has 7 nitrogen and oxygen atoms in total. The Morgan fingerprint density at radius 2 is 1.95 bits per heavy atom. The van der Waals surface area contributed by atoms with E-state index in [0.29, 0.717) is 24.2 Å². The number of esters is 1. The van der Waals surface area contributed by atoms with Gasteiger partial charge in [-0.3, -0.25) is 15.3 Å². The van der Waals surface area contributed by atoms with Crippen LogP contribution in [0.25, 0.3) is 0 Å². The number of hydrogen-bond acceptors (Lipinski definition) is 7. The Hall–Kier alpha value is -1.67. The van der Waals surface area contributed by atoms with Gasteiger partial charge in [0.05, 0.1) is 31.3 Å². The summed E-state index contributed by atoms with van der Waals surface area (Å²) in [7, 11) is 1.54. The second-order valence-electron chi connectivity index (χ2n) is 4.11. The van der Waals surface area contributed by atoms with Crippen LogP contribution in [0.3, 0.4) is 0 Å². The molecule has 0 spiro atoms. The molecule has 7 heteroatoms. The summed E-state index contributed by atoms with van der Waals surface area (Å²) in [5.74, 6) is 0.217. The van der Waals surface area contributed by atoms with Gasteiger partial charge in [0, 0.05) is 0 Å². The molecule has 1 aromatic carbocycles. The minimum Gasteiger partial charge on any atom is -0.496 e. The van der Waals surface area contributed by atoms with E-state index in [2.05, 4.69) is 4.84 Å². The molecule has 112 valence electrons. The Morgan fingerprint density at radius 3 is 2.60 bits per heavy atom. The highest BCUT2D eigenvalue weighted by Gasteiger charge is 2.09. The van der Waals surface area contributed by atoms with Crippen molar-refractivity contribution in [3.63, 3.8) is 0 Å². The van der Waals surface area contributed by atoms with Gasteiger partial charge in [-0.2, -0.15) is 0 Å². The number of methoxy groups -OCH3 is 1. The van der Waals surface area contributed by atoms with E-state index < -0.39 is 5.97 Å². The molecule has 0 saturated carbocycles. The van der Waals surface area contributed by atoms with Crippen LogP contribution in [-0.2, 0) is 9.57 Å². The molecule has 0 amide bonds. The topological polar surface area (TPSA) is 88.5 Å². The van der Waals surface area contributed by atoms with E-state index in [4.69, 9.17) is 19.9 Å². The summed E-state index contributed by atoms with van der Waals surface area (Å²) in [6.07, 6.45) is 1.09. The van der Waals surface area contributed by atoms with Crippen molar-refractivity contribution in [1.82, 2.24) is 5.39 Å². The zero-order valence-corrected chi connectivity index (χ0v) is 11.5. The van der Waals surface area contributed by atoms with Crippen LogP contribution in [0.2, 0.25) is 0 Å². The van der Waals surface area contributed by atoms with E-state index in [1.807, 2.05) is 6.92 Å². The number of hydrogen-bond donors (Lipinski definition) is 2. The van der Waals surface area contributed by atoms with Crippen molar-refractivity contribution >= 4 is 5.97 Å². The van der Waals surface area contributed by atoms with Crippen LogP contribution in [0.15, 0.2) is 18.2 Å². The number of carbonyl (C=O) groups is 1. The van der Waals surface area contributed by atoms with Crippen LogP contribution < -0.4 is 4.74 Å². The lowest BCUT2D eigenvalue weighted by molar-refractivity contribution is -0.492. The Balaban J connectivity index is 2.32. The Kier molecular flexibility index (Phi) is 6.96. The summed E-state index contributed by atoms with van der Waals surface area (Å²) in [6.45, 7) is 2.25. The zero-order valence-electron chi connectivity index (χ0n) is 11.5. The molecule has 0 saturated heterocycles. The van der Waals surface area contributed by atoms with Crippen molar-refractivity contribution in [3.05, 3.63) is 29.3 Å². The second kappa shape index (κ2) is 8.49. The quantitative estimate of drug-likeness (QED) is 0.428. The number of benzene rings is 1. The largest absolute Gasteiger partial charge is 0.496 e. The number of rotatable bonds is 8. The van der Waals surface area contributed by atoms with Crippen LogP contribution in [0.4, 0.5) is 0 Å². The van der Waals surface area contributed by atoms with E-state index in [0.717, 1.165) is 5.56 Å². The lowest BCUT2D eigenvalue weighted by Crippen LogP contribution is -2.15. The third-order valence-electron chi connectivity index (χ3n) is 2.62. The van der Waals surface area contributed by atoms with Gasteiger partial charge in [0.15, 0.2) is 0 Å². The van der Waals surface area contributed by atoms with Gasteiger partial charge in [-0.25, -0.2) is 4.79 Å². The smallest absolute Gasteiger partial charge is 0.338 e. The van der Waals surface area contributed by atoms with Crippen LogP contribution >= 0.6 is 0 Å². The first-order valence-electron chi connectivity index (χ1n) is 6.17. The maximum absolute atomic E-state index is 11.8. The lowest BCUT2D eigenvalue weighted by Gasteiger charge is -2.08. The first-order chi connectivity index (χ1) is 9.54. The third kappa shape index (κ3) is 5.54. The van der Waals surface area contributed by atoms with Gasteiger partial charge < -0.3 is 9.47 Å². The lowest BCUT2D eigenvalue weighted by atomic mass is 10.1. The van der Waals surface area contributed by atoms with Crippen LogP contribution in [0, 0.1) is 6.92 Å². The molecule has 0 atom stereocenters. The van der Waals surface area contributed by atoms with Crippen LogP contribution in [0.5, 0.6) is 5.75 Å². The van der Waals surface area contributed by atoms with E-state index >= 15 is 0 Å². The maximum Gasteiger partial charge on any atom is 0.338 e. The summed E-state index contributed by atoms with van der Waals surface area (Å²) in [6, 6.07) is 5.11. The molecule has 0 aliphatic heterocycles. The molecule has 0 unspecified atom stereocenters. The van der Waals surface area contributed by atoms with Gasteiger partial charge in [0.1, 0.15) is 5.75 Å². The molecule has 0 aliphatic rings. The second-order valence-corrected chi connectivity index (χ2v) is 4.11. The molecule has 1 aromatic rings. The first kappa shape index (κ1) is 16.4. The van der Waals surface area contributed by atoms with Gasteiger partial charge in [0.25, 0.3) is 0 Å². The molecule has 0 bridgehead atoms. The predicted molar refractivity (Wildman–Crippen MR) is 68.6 cm³/mol. The predicted octanol–water partition coefficient (Wildman–Crippen LogP) is 1.95. The molecule has 0 fully saturated rings. The van der Waals surface area contributed by atoms with Crippen LogP contribution in [0.1, 0.15) is 28.8 Å². The highest BCUT2D eigenvalue weighted by molar-refractivity contribution is 5.90. The van der Waals surface area contributed by atoms with Gasteiger partial charge >= 0.3 is 5.97 Å². The highest BCUT2D eigenvalue weighted by atomic mass is 17.1. The zero-order chi connectivity index (χ0) is 15.0. The monoisotopic (exact) mass is 285 g/mol. The van der Waals surface area contributed by atoms with Gasteiger partial charge in [-0.1, -0.05) is 6.07 Å². The van der Waals surface area contributed by atoms with E-state index in [-0.39, 0.29) is 18.6 Å². The number of aryl methyl sites for hydroxylation is 1. The molecule has 0 radical (unpaired) electrons. The molecular weight excluding hydrogens is 266 g/mol. The fourth-order valence-corrected chi connectivity index (χ4v) is 1.55. The average Bonchev–Trinajstić information content (AvgIpc) is 2.42. The van der Waals surface area contributed by atoms with Crippen LogP contribution in [-0.4, -0.2) is 42.1 Å². The minimum absolute atomic E-state index is 0.128. The van der Waals surface area contributed by atoms with Gasteiger partial charge in [-0.15, -0.1) is 0 Å². The van der Waals surface area contributed by atoms with Crippen molar-refractivity contribution in [3.8, 4) is 5.75 Å². The fourth-order valence-electron chi connectivity index (χ4n) is 1.55. The van der Waals surface area contributed by atoms with Crippen molar-refractivity contribution in [2.75, 3.05) is 20.3 Å². The normalized spacial score (nSPS) is 10.7. The molecule has 0 aliphatic carbocycles. The SMILES string of the molecule is COc1cc(C(=O)OCCCCON(O)O)ccc1C. The number of carbonyl (C=O) groups excluding carboxylic acids is 1. The van der Waals surface area contributed by atoms with Crippen molar-refractivity contribution < 1.29 is 29.5 Å². The summed E-state index contributed by atoms with van der Waals surface area (Å²) >= 11 is 0. The van der Waals surface area contributed by atoms with Gasteiger partial charge in [0.2, 0.25) is 0 Å². The molecule has 20 heavy (non-hydrogen) atoms. The maximum atomic E-state index is 11.8. The van der Waals surface area contributed by atoms with E-state index in [1.165, 1.54) is 0 Å². The number of ether oxygens (including phenoxy) is 2. The highest BCUT2D eigenvalue weighted by Crippen LogP contribution is 2.19. The van der Waals surface area contributed by atoms with E-state index in [9.17, 15) is 4.79 Å². The summed E-state index contributed by atoms with van der Waals surface area (Å²) < 4.78 is 10.2. The summed E-state index contributed by atoms with van der Waals surface area (Å²) in [5, 5.41) is 16.2. The third-order valence-corrected chi connectivity index (χ3v) is 2.62. The first-order valence-corrected chi connectivity index (χ1v) is 6.17. The van der Waals surface area contributed by atoms with Gasteiger partial charge in [-0.05, 0) is 37.5 Å². The standard InChI is InChI=1S/C13H19NO6/c1-10-5-6-11(9-12(10)18-2)13(15)19-7-3-4-8-20-14(16)17/h5-6,9,16-17H,3-4,7-8H2,1-2H3. The average molecular weight is 285 g/mol.